The largest absolute Gasteiger partial charge is 0.401 e. The number of hydrogen-bond acceptors (Lipinski definition) is 2. The lowest BCUT2D eigenvalue weighted by Gasteiger charge is -2.43. The Labute approximate surface area is 127 Å². The van der Waals surface area contributed by atoms with Crippen LogP contribution in [-0.2, 0) is 0 Å². The molecule has 21 heavy (non-hydrogen) atoms. The smallest absolute Gasteiger partial charge is 0.316 e. The second-order valence-corrected chi connectivity index (χ2v) is 6.85. The van der Waals surface area contributed by atoms with E-state index in [0.29, 0.717) is 6.54 Å². The highest BCUT2D eigenvalue weighted by atomic mass is 19.4. The van der Waals surface area contributed by atoms with Gasteiger partial charge in [0.15, 0.2) is 0 Å². The zero-order chi connectivity index (χ0) is 15.9. The third-order valence-corrected chi connectivity index (χ3v) is 4.49. The van der Waals surface area contributed by atoms with E-state index < -0.39 is 12.7 Å². The van der Waals surface area contributed by atoms with Gasteiger partial charge >= 0.3 is 6.18 Å². The minimum Gasteiger partial charge on any atom is -0.316 e. The lowest BCUT2D eigenvalue weighted by molar-refractivity contribution is -0.154. The molecule has 0 bridgehead atoms. The van der Waals surface area contributed by atoms with Gasteiger partial charge in [0.2, 0.25) is 0 Å². The van der Waals surface area contributed by atoms with E-state index in [2.05, 4.69) is 12.2 Å². The van der Waals surface area contributed by atoms with Crippen LogP contribution in [0.2, 0.25) is 0 Å². The number of halogens is 3. The molecule has 1 N–H and O–H groups in total. The molecule has 5 heteroatoms. The SMILES string of the molecule is CCCNCC1(CN(CC(F)(F)F)C(C)C)CCCCC1. The number of nitrogens with one attached hydrogen (secondary N) is 1. The summed E-state index contributed by atoms with van der Waals surface area (Å²) in [5, 5.41) is 3.44. The van der Waals surface area contributed by atoms with Gasteiger partial charge in [-0.05, 0) is 45.1 Å². The maximum atomic E-state index is 12.8. The Morgan fingerprint density at radius 2 is 1.76 bits per heavy atom. The predicted octanol–water partition coefficient (Wildman–Crippen LogP) is 4.21. The maximum absolute atomic E-state index is 12.8. The molecule has 0 aromatic rings. The van der Waals surface area contributed by atoms with Crippen molar-refractivity contribution in [1.82, 2.24) is 10.2 Å². The van der Waals surface area contributed by atoms with E-state index >= 15 is 0 Å². The summed E-state index contributed by atoms with van der Waals surface area (Å²) in [4.78, 5) is 1.61. The molecular weight excluding hydrogens is 277 g/mol. The van der Waals surface area contributed by atoms with Crippen molar-refractivity contribution in [1.29, 1.82) is 0 Å². The first kappa shape index (κ1) is 18.8. The topological polar surface area (TPSA) is 15.3 Å². The fraction of sp³-hybridized carbons (Fsp3) is 1.00. The standard InChI is InChI=1S/C16H31F3N2/c1-4-10-20-11-15(8-6-5-7-9-15)12-21(14(2)3)13-16(17,18)19/h14,20H,4-13H2,1-3H3. The Hall–Kier alpha value is -0.290. The van der Waals surface area contributed by atoms with Crippen LogP contribution in [0.5, 0.6) is 0 Å². The Morgan fingerprint density at radius 3 is 2.24 bits per heavy atom. The second kappa shape index (κ2) is 8.37. The molecule has 1 rings (SSSR count). The molecule has 0 radical (unpaired) electrons. The summed E-state index contributed by atoms with van der Waals surface area (Å²) in [6, 6.07) is -0.0726. The molecule has 0 unspecified atom stereocenters. The Morgan fingerprint density at radius 1 is 1.14 bits per heavy atom. The average Bonchev–Trinajstić information content (AvgIpc) is 2.38. The van der Waals surface area contributed by atoms with Gasteiger partial charge in [0.05, 0.1) is 6.54 Å². The van der Waals surface area contributed by atoms with E-state index in [1.165, 1.54) is 6.42 Å². The van der Waals surface area contributed by atoms with Crippen LogP contribution in [0.15, 0.2) is 0 Å². The van der Waals surface area contributed by atoms with Gasteiger partial charge in [-0.15, -0.1) is 0 Å². The molecular formula is C16H31F3N2. The number of alkyl halides is 3. The molecule has 0 aromatic carbocycles. The summed E-state index contributed by atoms with van der Waals surface area (Å²) < 4.78 is 38.4. The lowest BCUT2D eigenvalue weighted by Crippen LogP contribution is -2.50. The van der Waals surface area contributed by atoms with E-state index in [1.807, 2.05) is 13.8 Å². The van der Waals surface area contributed by atoms with E-state index in [1.54, 1.807) is 4.90 Å². The highest BCUT2D eigenvalue weighted by Gasteiger charge is 2.38. The van der Waals surface area contributed by atoms with Gasteiger partial charge in [0.25, 0.3) is 0 Å². The van der Waals surface area contributed by atoms with E-state index in [4.69, 9.17) is 0 Å². The quantitative estimate of drug-likeness (QED) is 0.676. The van der Waals surface area contributed by atoms with Crippen molar-refractivity contribution in [3.05, 3.63) is 0 Å². The van der Waals surface area contributed by atoms with Gasteiger partial charge < -0.3 is 5.32 Å². The molecule has 2 nitrogen and oxygen atoms in total. The monoisotopic (exact) mass is 308 g/mol. The van der Waals surface area contributed by atoms with Crippen molar-refractivity contribution < 1.29 is 13.2 Å². The fourth-order valence-electron chi connectivity index (χ4n) is 3.31. The zero-order valence-electron chi connectivity index (χ0n) is 13.7. The summed E-state index contributed by atoms with van der Waals surface area (Å²) in [6.07, 6.45) is 2.55. The molecule has 1 saturated carbocycles. The maximum Gasteiger partial charge on any atom is 0.401 e. The van der Waals surface area contributed by atoms with Crippen LogP contribution >= 0.6 is 0 Å². The normalized spacial score (nSPS) is 19.4. The minimum atomic E-state index is -4.11. The van der Waals surface area contributed by atoms with E-state index in [-0.39, 0.29) is 11.5 Å². The summed E-state index contributed by atoms with van der Waals surface area (Å²) in [5.41, 5.74) is 0.0168. The average molecular weight is 308 g/mol. The molecule has 0 heterocycles. The van der Waals surface area contributed by atoms with Crippen LogP contribution in [0.1, 0.15) is 59.3 Å². The summed E-state index contributed by atoms with van der Waals surface area (Å²) in [7, 11) is 0. The Bertz CT molecular complexity index is 284. The van der Waals surface area contributed by atoms with Crippen LogP contribution in [0.25, 0.3) is 0 Å². The van der Waals surface area contributed by atoms with Gasteiger partial charge in [-0.1, -0.05) is 26.2 Å². The van der Waals surface area contributed by atoms with Crippen LogP contribution in [0.3, 0.4) is 0 Å². The number of nitrogens with zero attached hydrogens (tertiary/aromatic N) is 1. The van der Waals surface area contributed by atoms with Crippen LogP contribution in [0, 0.1) is 5.41 Å². The van der Waals surface area contributed by atoms with E-state index in [9.17, 15) is 13.2 Å². The molecule has 1 aliphatic carbocycles. The zero-order valence-corrected chi connectivity index (χ0v) is 13.7. The summed E-state index contributed by atoms with van der Waals surface area (Å²) in [5.74, 6) is 0. The predicted molar refractivity (Wildman–Crippen MR) is 81.4 cm³/mol. The van der Waals surface area contributed by atoms with Crippen LogP contribution in [0.4, 0.5) is 13.2 Å². The fourth-order valence-corrected chi connectivity index (χ4v) is 3.31. The molecule has 0 aliphatic heterocycles. The van der Waals surface area contributed by atoms with E-state index in [0.717, 1.165) is 45.2 Å². The Kier molecular flexibility index (Phi) is 7.48. The number of hydrogen-bond donors (Lipinski definition) is 1. The number of rotatable bonds is 8. The first-order valence-electron chi connectivity index (χ1n) is 8.29. The molecule has 0 atom stereocenters. The van der Waals surface area contributed by atoms with Crippen molar-refractivity contribution in [2.45, 2.75) is 71.5 Å². The third kappa shape index (κ3) is 7.00. The van der Waals surface area contributed by atoms with Gasteiger partial charge in [0.1, 0.15) is 0 Å². The Balaban J connectivity index is 2.71. The van der Waals surface area contributed by atoms with Gasteiger partial charge in [-0.3, -0.25) is 4.90 Å². The molecule has 0 spiro atoms. The van der Waals surface area contributed by atoms with Crippen molar-refractivity contribution in [2.75, 3.05) is 26.2 Å². The van der Waals surface area contributed by atoms with Gasteiger partial charge in [-0.25, -0.2) is 0 Å². The molecule has 0 saturated heterocycles. The molecule has 0 amide bonds. The first-order valence-corrected chi connectivity index (χ1v) is 8.29. The van der Waals surface area contributed by atoms with Crippen LogP contribution in [-0.4, -0.2) is 43.3 Å². The van der Waals surface area contributed by atoms with Gasteiger partial charge in [0, 0.05) is 19.1 Å². The minimum absolute atomic E-state index is 0.0168. The first-order chi connectivity index (χ1) is 9.78. The molecule has 1 aliphatic rings. The molecule has 0 aromatic heterocycles. The highest BCUT2D eigenvalue weighted by molar-refractivity contribution is 4.89. The lowest BCUT2D eigenvalue weighted by atomic mass is 9.73. The molecule has 126 valence electrons. The summed E-state index contributed by atoms with van der Waals surface area (Å²) in [6.45, 7) is 7.40. The molecule has 1 fully saturated rings. The second-order valence-electron chi connectivity index (χ2n) is 6.85. The van der Waals surface area contributed by atoms with Crippen molar-refractivity contribution in [3.8, 4) is 0 Å². The highest BCUT2D eigenvalue weighted by Crippen LogP contribution is 2.37. The van der Waals surface area contributed by atoms with Crippen molar-refractivity contribution >= 4 is 0 Å². The summed E-state index contributed by atoms with van der Waals surface area (Å²) >= 11 is 0. The van der Waals surface area contributed by atoms with Crippen molar-refractivity contribution in [2.24, 2.45) is 5.41 Å². The van der Waals surface area contributed by atoms with Crippen molar-refractivity contribution in [3.63, 3.8) is 0 Å². The van der Waals surface area contributed by atoms with Gasteiger partial charge in [-0.2, -0.15) is 13.2 Å². The third-order valence-electron chi connectivity index (χ3n) is 4.49. The van der Waals surface area contributed by atoms with Crippen LogP contribution < -0.4 is 5.32 Å².